The fraction of sp³-hybridized carbons (Fsp3) is 0.471. The van der Waals surface area contributed by atoms with Crippen LogP contribution >= 0.6 is 22.7 Å². The van der Waals surface area contributed by atoms with Crippen LogP contribution in [0, 0.1) is 0 Å². The average molecular weight is 429 g/mol. The summed E-state index contributed by atoms with van der Waals surface area (Å²) in [6.45, 7) is 3.14. The molecular weight excluding hydrogens is 404 g/mol. The molecule has 0 spiro atoms. The number of amides is 2. The van der Waals surface area contributed by atoms with Crippen molar-refractivity contribution in [3.8, 4) is 0 Å². The van der Waals surface area contributed by atoms with Gasteiger partial charge < -0.3 is 10.6 Å². The number of thiophene rings is 2. The zero-order valence-electron chi connectivity index (χ0n) is 14.9. The van der Waals surface area contributed by atoms with Crippen molar-refractivity contribution >= 4 is 38.7 Å². The molecule has 4 N–H and O–H groups in total. The molecule has 27 heavy (non-hydrogen) atoms. The van der Waals surface area contributed by atoms with E-state index in [2.05, 4.69) is 27.0 Å². The predicted octanol–water partition coefficient (Wildman–Crippen LogP) is 2.14. The molecule has 1 aliphatic heterocycles. The number of carbonyl (C=O) groups is 1. The number of nitrogens with one attached hydrogen (secondary N) is 2. The Kier molecular flexibility index (Phi) is 6.88. The number of sulfonamides is 1. The van der Waals surface area contributed by atoms with E-state index in [1.807, 2.05) is 6.07 Å². The molecule has 2 amide bonds. The summed E-state index contributed by atoms with van der Waals surface area (Å²) in [6.07, 6.45) is 2.97. The number of rotatable bonds is 8. The van der Waals surface area contributed by atoms with Gasteiger partial charge in [0, 0.05) is 22.8 Å². The highest BCUT2D eigenvalue weighted by Gasteiger charge is 2.24. The van der Waals surface area contributed by atoms with E-state index >= 15 is 0 Å². The van der Waals surface area contributed by atoms with Crippen LogP contribution in [0.4, 0.5) is 4.79 Å². The lowest BCUT2D eigenvalue weighted by molar-refractivity contribution is 0.222. The molecule has 1 saturated heterocycles. The third-order valence-electron chi connectivity index (χ3n) is 4.48. The molecular formula is C17H24N4O3S3. The number of carbonyl (C=O) groups excluding carboxylic acids is 1. The van der Waals surface area contributed by atoms with Gasteiger partial charge in [-0.15, -0.1) is 22.7 Å². The summed E-state index contributed by atoms with van der Waals surface area (Å²) < 4.78 is 22.7. The van der Waals surface area contributed by atoms with Crippen molar-refractivity contribution in [2.45, 2.75) is 29.5 Å². The Morgan fingerprint density at radius 1 is 1.22 bits per heavy atom. The third-order valence-corrected chi connectivity index (χ3v) is 8.04. The smallest absolute Gasteiger partial charge is 0.314 e. The second kappa shape index (κ2) is 9.16. The number of nitrogens with zero attached hydrogens (tertiary/aromatic N) is 1. The Bertz CT molecular complexity index is 843. The Balaban J connectivity index is 1.45. The van der Waals surface area contributed by atoms with Gasteiger partial charge in [-0.3, -0.25) is 4.90 Å². The Labute approximate surface area is 167 Å². The fourth-order valence-electron chi connectivity index (χ4n) is 3.14. The summed E-state index contributed by atoms with van der Waals surface area (Å²) in [6, 6.07) is 7.39. The van der Waals surface area contributed by atoms with Gasteiger partial charge in [0.05, 0.1) is 6.04 Å². The van der Waals surface area contributed by atoms with Crippen LogP contribution in [0.5, 0.6) is 0 Å². The molecule has 1 fully saturated rings. The predicted molar refractivity (Wildman–Crippen MR) is 109 cm³/mol. The molecule has 2 aromatic rings. The molecule has 1 atom stereocenters. The molecule has 0 aliphatic carbocycles. The first kappa shape index (κ1) is 20.3. The normalized spacial score (nSPS) is 16.3. The van der Waals surface area contributed by atoms with Gasteiger partial charge in [0.25, 0.3) is 0 Å². The zero-order valence-corrected chi connectivity index (χ0v) is 17.3. The number of hydrogen-bond donors (Lipinski definition) is 3. The number of hydrogen-bond acceptors (Lipinski definition) is 6. The maximum Gasteiger partial charge on any atom is 0.314 e. The van der Waals surface area contributed by atoms with Crippen LogP contribution in [-0.2, 0) is 16.4 Å². The van der Waals surface area contributed by atoms with Crippen LogP contribution in [0.15, 0.2) is 33.9 Å². The van der Waals surface area contributed by atoms with Crippen LogP contribution in [0.3, 0.4) is 0 Å². The van der Waals surface area contributed by atoms with Crippen molar-refractivity contribution in [1.29, 1.82) is 0 Å². The molecule has 148 valence electrons. The average Bonchev–Trinajstić information content (AvgIpc) is 3.37. The third kappa shape index (κ3) is 5.76. The van der Waals surface area contributed by atoms with Crippen molar-refractivity contribution in [2.24, 2.45) is 5.14 Å². The summed E-state index contributed by atoms with van der Waals surface area (Å²) in [5.41, 5.74) is 0. The van der Waals surface area contributed by atoms with E-state index in [1.165, 1.54) is 23.8 Å². The molecule has 0 radical (unpaired) electrons. The van der Waals surface area contributed by atoms with Crippen molar-refractivity contribution in [3.63, 3.8) is 0 Å². The zero-order chi connectivity index (χ0) is 19.3. The Morgan fingerprint density at radius 2 is 2.00 bits per heavy atom. The maximum absolute atomic E-state index is 12.1. The van der Waals surface area contributed by atoms with Gasteiger partial charge in [-0.05, 0) is 55.9 Å². The lowest BCUT2D eigenvalue weighted by atomic mass is 10.2. The van der Waals surface area contributed by atoms with Gasteiger partial charge in [-0.25, -0.2) is 18.4 Å². The monoisotopic (exact) mass is 428 g/mol. The van der Waals surface area contributed by atoms with E-state index in [0.29, 0.717) is 19.5 Å². The molecule has 10 heteroatoms. The van der Waals surface area contributed by atoms with Gasteiger partial charge in [0.1, 0.15) is 4.21 Å². The molecule has 1 unspecified atom stereocenters. The summed E-state index contributed by atoms with van der Waals surface area (Å²) >= 11 is 2.85. The highest BCUT2D eigenvalue weighted by atomic mass is 32.2. The highest BCUT2D eigenvalue weighted by molar-refractivity contribution is 7.91. The molecule has 0 saturated carbocycles. The lowest BCUT2D eigenvalue weighted by Crippen LogP contribution is -2.41. The van der Waals surface area contributed by atoms with Crippen LogP contribution in [0.2, 0.25) is 0 Å². The molecule has 3 heterocycles. The summed E-state index contributed by atoms with van der Waals surface area (Å²) in [7, 11) is -3.66. The van der Waals surface area contributed by atoms with Gasteiger partial charge >= 0.3 is 6.03 Å². The van der Waals surface area contributed by atoms with Gasteiger partial charge in [0.2, 0.25) is 10.0 Å². The van der Waals surface area contributed by atoms with E-state index in [4.69, 9.17) is 5.14 Å². The van der Waals surface area contributed by atoms with Gasteiger partial charge in [0.15, 0.2) is 0 Å². The van der Waals surface area contributed by atoms with Gasteiger partial charge in [-0.1, -0.05) is 6.07 Å². The molecule has 7 nitrogen and oxygen atoms in total. The Morgan fingerprint density at radius 3 is 2.63 bits per heavy atom. The second-order valence-electron chi connectivity index (χ2n) is 6.43. The van der Waals surface area contributed by atoms with Crippen LogP contribution in [-0.4, -0.2) is 45.5 Å². The molecule has 0 aromatic carbocycles. The first-order valence-electron chi connectivity index (χ1n) is 8.84. The molecule has 1 aliphatic rings. The number of nitrogens with two attached hydrogens (primary N) is 1. The topological polar surface area (TPSA) is 105 Å². The number of likely N-dealkylation sites (tertiary alicyclic amines) is 1. The first-order chi connectivity index (χ1) is 12.9. The highest BCUT2D eigenvalue weighted by Crippen LogP contribution is 2.27. The quantitative estimate of drug-likeness (QED) is 0.599. The summed E-state index contributed by atoms with van der Waals surface area (Å²) in [5, 5.41) is 13.0. The minimum atomic E-state index is -3.66. The minimum Gasteiger partial charge on any atom is -0.338 e. The van der Waals surface area contributed by atoms with E-state index in [-0.39, 0.29) is 16.3 Å². The summed E-state index contributed by atoms with van der Waals surface area (Å²) in [5.74, 6) is 0. The van der Waals surface area contributed by atoms with Crippen LogP contribution in [0.25, 0.3) is 0 Å². The fourth-order valence-corrected chi connectivity index (χ4v) is 5.78. The van der Waals surface area contributed by atoms with Crippen LogP contribution in [0.1, 0.15) is 28.6 Å². The maximum atomic E-state index is 12.1. The number of primary sulfonamides is 1. The number of urea groups is 1. The van der Waals surface area contributed by atoms with Crippen molar-refractivity contribution in [1.82, 2.24) is 15.5 Å². The van der Waals surface area contributed by atoms with Gasteiger partial charge in [-0.2, -0.15) is 0 Å². The Hall–Kier alpha value is -1.46. The van der Waals surface area contributed by atoms with E-state index in [9.17, 15) is 13.2 Å². The first-order valence-corrected chi connectivity index (χ1v) is 12.1. The van der Waals surface area contributed by atoms with E-state index in [0.717, 1.165) is 29.3 Å². The second-order valence-corrected chi connectivity index (χ2v) is 10.4. The van der Waals surface area contributed by atoms with Crippen molar-refractivity contribution < 1.29 is 13.2 Å². The summed E-state index contributed by atoms with van der Waals surface area (Å²) in [4.78, 5) is 16.7. The van der Waals surface area contributed by atoms with E-state index < -0.39 is 10.0 Å². The van der Waals surface area contributed by atoms with Crippen molar-refractivity contribution in [3.05, 3.63) is 39.4 Å². The largest absolute Gasteiger partial charge is 0.338 e. The standard InChI is InChI=1S/C17H24N4O3S3/c18-27(23,24)16-6-5-13(26-16)7-8-19-17(22)20-12-14(15-4-3-11-25-15)21-9-1-2-10-21/h3-6,11,14H,1-2,7-10,12H2,(H2,18,23,24)(H2,19,20,22). The lowest BCUT2D eigenvalue weighted by Gasteiger charge is -2.26. The molecule has 3 rings (SSSR count). The molecule has 2 aromatic heterocycles. The SMILES string of the molecule is NS(=O)(=O)c1ccc(CCNC(=O)NCC(c2cccs2)N2CCCC2)s1. The van der Waals surface area contributed by atoms with Crippen molar-refractivity contribution in [2.75, 3.05) is 26.2 Å². The minimum absolute atomic E-state index is 0.145. The van der Waals surface area contributed by atoms with Crippen LogP contribution < -0.4 is 15.8 Å². The molecule has 0 bridgehead atoms. The van der Waals surface area contributed by atoms with E-state index in [1.54, 1.807) is 17.4 Å².